The van der Waals surface area contributed by atoms with E-state index in [1.807, 2.05) is 31.2 Å². The van der Waals surface area contributed by atoms with Crippen LogP contribution in [0, 0.1) is 0 Å². The predicted molar refractivity (Wildman–Crippen MR) is 134 cm³/mol. The molecular weight excluding hydrogens is 452 g/mol. The van der Waals surface area contributed by atoms with Crippen molar-refractivity contribution in [3.63, 3.8) is 0 Å². The van der Waals surface area contributed by atoms with Gasteiger partial charge in [0.2, 0.25) is 11.8 Å². The zero-order valence-electron chi connectivity index (χ0n) is 19.3. The number of rotatable bonds is 8. The van der Waals surface area contributed by atoms with E-state index in [0.717, 1.165) is 30.0 Å². The molecule has 2 aromatic rings. The molecule has 2 saturated heterocycles. The maximum absolute atomic E-state index is 12.8. The molecule has 1 unspecified atom stereocenters. The van der Waals surface area contributed by atoms with Gasteiger partial charge in [0.1, 0.15) is 11.8 Å². The zero-order chi connectivity index (χ0) is 24.2. The molecule has 178 valence electrons. The second-order valence-corrected chi connectivity index (χ2v) is 8.71. The van der Waals surface area contributed by atoms with Crippen LogP contribution in [0.5, 0.6) is 5.75 Å². The summed E-state index contributed by atoms with van der Waals surface area (Å²) in [5, 5.41) is 3.23. The molecule has 1 N–H and O–H groups in total. The summed E-state index contributed by atoms with van der Waals surface area (Å²) in [7, 11) is 1.63. The van der Waals surface area contributed by atoms with Crippen molar-refractivity contribution in [1.82, 2.24) is 9.80 Å². The summed E-state index contributed by atoms with van der Waals surface area (Å²) in [6.07, 6.45) is 1.44. The first-order valence-electron chi connectivity index (χ1n) is 11.4. The first-order chi connectivity index (χ1) is 16.4. The van der Waals surface area contributed by atoms with Crippen LogP contribution < -0.4 is 15.0 Å². The Morgan fingerprint density at radius 3 is 2.44 bits per heavy atom. The van der Waals surface area contributed by atoms with Crippen molar-refractivity contribution in [3.05, 3.63) is 54.1 Å². The third kappa shape index (κ3) is 5.04. The number of carbonyl (C=O) groups is 3. The van der Waals surface area contributed by atoms with Crippen molar-refractivity contribution in [1.29, 1.82) is 0 Å². The van der Waals surface area contributed by atoms with Gasteiger partial charge in [0.15, 0.2) is 5.11 Å². The summed E-state index contributed by atoms with van der Waals surface area (Å²) in [4.78, 5) is 42.6. The maximum atomic E-state index is 12.8. The van der Waals surface area contributed by atoms with Gasteiger partial charge in [-0.15, -0.1) is 0 Å². The molecule has 4 rings (SSSR count). The number of hydrogen-bond acceptors (Lipinski definition) is 5. The molecule has 0 aromatic heterocycles. The van der Waals surface area contributed by atoms with Gasteiger partial charge in [-0.25, -0.2) is 0 Å². The molecule has 8 nitrogen and oxygen atoms in total. The molecule has 34 heavy (non-hydrogen) atoms. The topological polar surface area (TPSA) is 82.2 Å². The van der Waals surface area contributed by atoms with E-state index in [1.54, 1.807) is 41.1 Å². The summed E-state index contributed by atoms with van der Waals surface area (Å²) in [6.45, 7) is 3.60. The van der Waals surface area contributed by atoms with Crippen LogP contribution in [0.2, 0.25) is 0 Å². The lowest BCUT2D eigenvalue weighted by molar-refractivity contribution is -0.130. The van der Waals surface area contributed by atoms with Crippen molar-refractivity contribution < 1.29 is 19.1 Å². The van der Waals surface area contributed by atoms with E-state index >= 15 is 0 Å². The number of ether oxygens (including phenoxy) is 1. The minimum Gasteiger partial charge on any atom is -0.494 e. The second-order valence-electron chi connectivity index (χ2n) is 8.35. The van der Waals surface area contributed by atoms with Gasteiger partial charge < -0.3 is 19.9 Å². The van der Waals surface area contributed by atoms with E-state index in [9.17, 15) is 14.4 Å². The molecule has 2 fully saturated rings. The van der Waals surface area contributed by atoms with Crippen LogP contribution in [-0.2, 0) is 20.9 Å². The normalized spacial score (nSPS) is 18.1. The van der Waals surface area contributed by atoms with Gasteiger partial charge in [0.25, 0.3) is 5.91 Å². The molecular formula is C25H28N4O4S. The number of nitrogens with zero attached hydrogens (tertiary/aromatic N) is 3. The SMILES string of the molecule is CCOc1ccc(NC(=O)CC2C(=O)N(C)C(=S)N2Cc2ccc(N3CCCC3=O)cc2)cc1. The van der Waals surface area contributed by atoms with E-state index in [2.05, 4.69) is 5.32 Å². The monoisotopic (exact) mass is 480 g/mol. The molecule has 9 heteroatoms. The molecule has 2 aliphatic heterocycles. The average molecular weight is 481 g/mol. The van der Waals surface area contributed by atoms with Crippen molar-refractivity contribution >= 4 is 46.4 Å². The number of carbonyl (C=O) groups excluding carboxylic acids is 3. The van der Waals surface area contributed by atoms with E-state index in [1.165, 1.54) is 4.90 Å². The molecule has 0 radical (unpaired) electrons. The van der Waals surface area contributed by atoms with Crippen LogP contribution in [0.1, 0.15) is 31.7 Å². The van der Waals surface area contributed by atoms with Crippen LogP contribution in [0.3, 0.4) is 0 Å². The van der Waals surface area contributed by atoms with Gasteiger partial charge in [0, 0.05) is 37.9 Å². The number of hydrogen-bond donors (Lipinski definition) is 1. The largest absolute Gasteiger partial charge is 0.494 e. The first-order valence-corrected chi connectivity index (χ1v) is 11.8. The van der Waals surface area contributed by atoms with Crippen molar-refractivity contribution in [3.8, 4) is 5.75 Å². The van der Waals surface area contributed by atoms with E-state index in [4.69, 9.17) is 17.0 Å². The van der Waals surface area contributed by atoms with E-state index in [-0.39, 0.29) is 24.1 Å². The summed E-state index contributed by atoms with van der Waals surface area (Å²) < 4.78 is 5.42. The quantitative estimate of drug-likeness (QED) is 0.585. The molecule has 0 bridgehead atoms. The minimum absolute atomic E-state index is 0.0170. The Morgan fingerprint density at radius 2 is 1.82 bits per heavy atom. The Labute approximate surface area is 204 Å². The number of amides is 3. The molecule has 2 aromatic carbocycles. The fraction of sp³-hybridized carbons (Fsp3) is 0.360. The second kappa shape index (κ2) is 10.2. The highest BCUT2D eigenvalue weighted by atomic mass is 32.1. The number of anilines is 2. The molecule has 0 spiro atoms. The summed E-state index contributed by atoms with van der Waals surface area (Å²) >= 11 is 5.50. The molecule has 0 saturated carbocycles. The lowest BCUT2D eigenvalue weighted by Crippen LogP contribution is -2.37. The first kappa shape index (κ1) is 23.7. The van der Waals surface area contributed by atoms with Crippen molar-refractivity contribution in [2.45, 2.75) is 38.8 Å². The molecule has 2 aliphatic rings. The fourth-order valence-corrected chi connectivity index (χ4v) is 4.52. The molecule has 2 heterocycles. The van der Waals surface area contributed by atoms with Gasteiger partial charge in [-0.3, -0.25) is 19.3 Å². The van der Waals surface area contributed by atoms with Crippen LogP contribution in [0.15, 0.2) is 48.5 Å². The lowest BCUT2D eigenvalue weighted by atomic mass is 10.1. The Balaban J connectivity index is 1.42. The Morgan fingerprint density at radius 1 is 1.12 bits per heavy atom. The van der Waals surface area contributed by atoms with Crippen molar-refractivity contribution in [2.75, 3.05) is 30.4 Å². The Hall–Kier alpha value is -3.46. The van der Waals surface area contributed by atoms with E-state index < -0.39 is 6.04 Å². The van der Waals surface area contributed by atoms with Gasteiger partial charge >= 0.3 is 0 Å². The Kier molecular flexibility index (Phi) is 7.12. The lowest BCUT2D eigenvalue weighted by Gasteiger charge is -2.24. The van der Waals surface area contributed by atoms with E-state index in [0.29, 0.717) is 30.4 Å². The molecule has 1 atom stereocenters. The van der Waals surface area contributed by atoms with Gasteiger partial charge in [-0.1, -0.05) is 12.1 Å². The predicted octanol–water partition coefficient (Wildman–Crippen LogP) is 3.17. The van der Waals surface area contributed by atoms with Gasteiger partial charge in [0.05, 0.1) is 13.0 Å². The van der Waals surface area contributed by atoms with Crippen LogP contribution in [0.25, 0.3) is 0 Å². The highest BCUT2D eigenvalue weighted by molar-refractivity contribution is 7.80. The Bertz CT molecular complexity index is 1090. The smallest absolute Gasteiger partial charge is 0.251 e. The van der Waals surface area contributed by atoms with Crippen molar-refractivity contribution in [2.24, 2.45) is 0 Å². The molecule has 3 amide bonds. The minimum atomic E-state index is -0.681. The summed E-state index contributed by atoms with van der Waals surface area (Å²) in [5.41, 5.74) is 2.45. The fourth-order valence-electron chi connectivity index (χ4n) is 4.24. The highest BCUT2D eigenvalue weighted by Gasteiger charge is 2.41. The van der Waals surface area contributed by atoms with Crippen LogP contribution >= 0.6 is 12.2 Å². The third-order valence-corrected chi connectivity index (χ3v) is 6.54. The highest BCUT2D eigenvalue weighted by Crippen LogP contribution is 2.26. The van der Waals surface area contributed by atoms with Gasteiger partial charge in [-0.2, -0.15) is 0 Å². The standard InChI is InChI=1S/C25H28N4O4S/c1-3-33-20-12-8-18(9-13-20)26-22(30)15-21-24(32)27(2)25(34)29(21)16-17-6-10-19(11-7-17)28-14-4-5-23(28)31/h6-13,21H,3-5,14-16H2,1-2H3,(H,26,30). The number of likely N-dealkylation sites (N-methyl/N-ethyl adjacent to an activating group) is 1. The number of nitrogens with one attached hydrogen (secondary N) is 1. The zero-order valence-corrected chi connectivity index (χ0v) is 20.1. The summed E-state index contributed by atoms with van der Waals surface area (Å²) in [6, 6.07) is 14.1. The summed E-state index contributed by atoms with van der Waals surface area (Å²) in [5.74, 6) is 0.392. The average Bonchev–Trinajstić information content (AvgIpc) is 3.34. The van der Waals surface area contributed by atoms with Gasteiger partial charge in [-0.05, 0) is 67.5 Å². The van der Waals surface area contributed by atoms with Crippen LogP contribution in [-0.4, -0.2) is 58.9 Å². The van der Waals surface area contributed by atoms with Crippen LogP contribution in [0.4, 0.5) is 11.4 Å². The third-order valence-electron chi connectivity index (χ3n) is 6.03. The number of benzene rings is 2. The number of thiocarbonyl (C=S) groups is 1. The maximum Gasteiger partial charge on any atom is 0.251 e. The molecule has 0 aliphatic carbocycles.